The molecule has 0 saturated carbocycles. The second-order valence-corrected chi connectivity index (χ2v) is 6.00. The number of amides is 2. The van der Waals surface area contributed by atoms with Crippen molar-refractivity contribution in [1.82, 2.24) is 10.2 Å². The van der Waals surface area contributed by atoms with Gasteiger partial charge in [0.25, 0.3) is 0 Å². The zero-order valence-electron chi connectivity index (χ0n) is 14.1. The molecule has 5 nitrogen and oxygen atoms in total. The lowest BCUT2D eigenvalue weighted by molar-refractivity contribution is -0.133. The SMILES string of the molecule is CCN(CC)C(=O)C(NC(=O)OC(C)(C)C)c1ccccc1. The molecule has 0 aliphatic carbocycles. The van der Waals surface area contributed by atoms with Crippen LogP contribution in [0.5, 0.6) is 0 Å². The lowest BCUT2D eigenvalue weighted by Gasteiger charge is -2.27. The van der Waals surface area contributed by atoms with E-state index in [1.54, 1.807) is 25.7 Å². The van der Waals surface area contributed by atoms with Crippen LogP contribution in [0, 0.1) is 0 Å². The maximum Gasteiger partial charge on any atom is 0.408 e. The number of nitrogens with one attached hydrogen (secondary N) is 1. The Labute approximate surface area is 132 Å². The molecule has 1 N–H and O–H groups in total. The Bertz CT molecular complexity index is 490. The van der Waals surface area contributed by atoms with E-state index in [0.717, 1.165) is 5.56 Å². The van der Waals surface area contributed by atoms with Crippen molar-refractivity contribution in [3.63, 3.8) is 0 Å². The molecule has 2 amide bonds. The van der Waals surface area contributed by atoms with Crippen LogP contribution in [-0.2, 0) is 9.53 Å². The van der Waals surface area contributed by atoms with Crippen molar-refractivity contribution < 1.29 is 14.3 Å². The molecule has 122 valence electrons. The fourth-order valence-electron chi connectivity index (χ4n) is 2.08. The fourth-order valence-corrected chi connectivity index (χ4v) is 2.08. The molecule has 1 rings (SSSR count). The monoisotopic (exact) mass is 306 g/mol. The Morgan fingerprint density at radius 3 is 2.14 bits per heavy atom. The van der Waals surface area contributed by atoms with Gasteiger partial charge in [0.15, 0.2) is 0 Å². The number of benzene rings is 1. The standard InChI is InChI=1S/C17H26N2O3/c1-6-19(7-2)15(20)14(13-11-9-8-10-12-13)18-16(21)22-17(3,4)5/h8-12,14H,6-7H2,1-5H3,(H,18,21). The van der Waals surface area contributed by atoms with Gasteiger partial charge in [0.2, 0.25) is 5.91 Å². The van der Waals surface area contributed by atoms with Crippen LogP contribution in [0.4, 0.5) is 4.79 Å². The average molecular weight is 306 g/mol. The lowest BCUT2D eigenvalue weighted by atomic mass is 10.1. The van der Waals surface area contributed by atoms with Crippen LogP contribution < -0.4 is 5.32 Å². The molecule has 0 aromatic heterocycles. The van der Waals surface area contributed by atoms with Crippen LogP contribution in [0.3, 0.4) is 0 Å². The normalized spacial score (nSPS) is 12.4. The van der Waals surface area contributed by atoms with Gasteiger partial charge in [-0.05, 0) is 40.2 Å². The Balaban J connectivity index is 2.98. The maximum atomic E-state index is 12.7. The number of likely N-dealkylation sites (N-methyl/N-ethyl adjacent to an activating group) is 1. The van der Waals surface area contributed by atoms with Crippen molar-refractivity contribution in [3.05, 3.63) is 35.9 Å². The van der Waals surface area contributed by atoms with Crippen molar-refractivity contribution in [2.75, 3.05) is 13.1 Å². The van der Waals surface area contributed by atoms with Crippen LogP contribution >= 0.6 is 0 Å². The summed E-state index contributed by atoms with van der Waals surface area (Å²) in [7, 11) is 0. The third-order valence-electron chi connectivity index (χ3n) is 3.12. The van der Waals surface area contributed by atoms with E-state index >= 15 is 0 Å². The number of alkyl carbamates (subject to hydrolysis) is 1. The van der Waals surface area contributed by atoms with E-state index < -0.39 is 17.7 Å². The highest BCUT2D eigenvalue weighted by Crippen LogP contribution is 2.17. The van der Waals surface area contributed by atoms with Crippen molar-refractivity contribution in [2.45, 2.75) is 46.3 Å². The van der Waals surface area contributed by atoms with Gasteiger partial charge in [0.05, 0.1) is 0 Å². The van der Waals surface area contributed by atoms with Gasteiger partial charge in [-0.2, -0.15) is 0 Å². The molecule has 1 unspecified atom stereocenters. The van der Waals surface area contributed by atoms with Gasteiger partial charge in [0, 0.05) is 13.1 Å². The first-order valence-electron chi connectivity index (χ1n) is 7.61. The predicted octanol–water partition coefficient (Wildman–Crippen LogP) is 3.12. The van der Waals surface area contributed by atoms with Gasteiger partial charge in [0.1, 0.15) is 11.6 Å². The summed E-state index contributed by atoms with van der Waals surface area (Å²) in [6, 6.07) is 8.46. The molecule has 0 fully saturated rings. The minimum Gasteiger partial charge on any atom is -0.444 e. The van der Waals surface area contributed by atoms with Crippen LogP contribution in [0.15, 0.2) is 30.3 Å². The summed E-state index contributed by atoms with van der Waals surface area (Å²) in [5.74, 6) is -0.137. The summed E-state index contributed by atoms with van der Waals surface area (Å²) in [5.41, 5.74) is 0.133. The second-order valence-electron chi connectivity index (χ2n) is 6.00. The molecule has 1 atom stereocenters. The van der Waals surface area contributed by atoms with E-state index in [9.17, 15) is 9.59 Å². The van der Waals surface area contributed by atoms with Crippen LogP contribution in [-0.4, -0.2) is 35.6 Å². The molecule has 22 heavy (non-hydrogen) atoms. The number of nitrogens with zero attached hydrogens (tertiary/aromatic N) is 1. The third-order valence-corrected chi connectivity index (χ3v) is 3.12. The van der Waals surface area contributed by atoms with E-state index in [0.29, 0.717) is 13.1 Å². The molecule has 1 aromatic rings. The number of ether oxygens (including phenoxy) is 1. The van der Waals surface area contributed by atoms with Gasteiger partial charge in [-0.1, -0.05) is 30.3 Å². The molecule has 0 heterocycles. The van der Waals surface area contributed by atoms with E-state index in [-0.39, 0.29) is 5.91 Å². The molecule has 0 bridgehead atoms. The molecule has 5 heteroatoms. The second kappa shape index (κ2) is 7.82. The Morgan fingerprint density at radius 1 is 1.14 bits per heavy atom. The van der Waals surface area contributed by atoms with E-state index in [2.05, 4.69) is 5.32 Å². The van der Waals surface area contributed by atoms with E-state index in [1.165, 1.54) is 0 Å². The zero-order chi connectivity index (χ0) is 16.8. The lowest BCUT2D eigenvalue weighted by Crippen LogP contribution is -2.44. The molecule has 0 radical (unpaired) electrons. The summed E-state index contributed by atoms with van der Waals surface area (Å²) < 4.78 is 5.27. The minimum absolute atomic E-state index is 0.137. The van der Waals surface area contributed by atoms with Gasteiger partial charge >= 0.3 is 6.09 Å². The largest absolute Gasteiger partial charge is 0.444 e. The Kier molecular flexibility index (Phi) is 6.40. The fraction of sp³-hybridized carbons (Fsp3) is 0.529. The average Bonchev–Trinajstić information content (AvgIpc) is 2.45. The molecule has 0 aliphatic rings. The summed E-state index contributed by atoms with van der Waals surface area (Å²) in [5, 5.41) is 2.69. The Hall–Kier alpha value is -2.04. The highest BCUT2D eigenvalue weighted by Gasteiger charge is 2.28. The quantitative estimate of drug-likeness (QED) is 0.909. The van der Waals surface area contributed by atoms with Crippen molar-refractivity contribution in [3.8, 4) is 0 Å². The third kappa shape index (κ3) is 5.39. The summed E-state index contributed by atoms with van der Waals surface area (Å²) >= 11 is 0. The first-order chi connectivity index (χ1) is 10.3. The summed E-state index contributed by atoms with van der Waals surface area (Å²) in [6.07, 6.45) is -0.596. The van der Waals surface area contributed by atoms with Crippen LogP contribution in [0.25, 0.3) is 0 Å². The highest BCUT2D eigenvalue weighted by molar-refractivity contribution is 5.87. The molecule has 0 aliphatic heterocycles. The van der Waals surface area contributed by atoms with Crippen molar-refractivity contribution in [2.24, 2.45) is 0 Å². The smallest absolute Gasteiger partial charge is 0.408 e. The van der Waals surface area contributed by atoms with Gasteiger partial charge in [-0.15, -0.1) is 0 Å². The summed E-state index contributed by atoms with van der Waals surface area (Å²) in [6.45, 7) is 10.4. The first kappa shape index (κ1) is 18.0. The zero-order valence-corrected chi connectivity index (χ0v) is 14.1. The number of carbonyl (C=O) groups excluding carboxylic acids is 2. The van der Waals surface area contributed by atoms with Gasteiger partial charge in [-0.25, -0.2) is 4.79 Å². The molecular weight excluding hydrogens is 280 g/mol. The van der Waals surface area contributed by atoms with E-state index in [1.807, 2.05) is 44.2 Å². The van der Waals surface area contributed by atoms with Gasteiger partial charge in [-0.3, -0.25) is 4.79 Å². The topological polar surface area (TPSA) is 58.6 Å². The minimum atomic E-state index is -0.740. The molecular formula is C17H26N2O3. The molecule has 0 saturated heterocycles. The van der Waals surface area contributed by atoms with Gasteiger partial charge < -0.3 is 15.0 Å². The van der Waals surface area contributed by atoms with Crippen LogP contribution in [0.1, 0.15) is 46.2 Å². The number of rotatable bonds is 5. The predicted molar refractivity (Wildman–Crippen MR) is 86.5 cm³/mol. The van der Waals surface area contributed by atoms with E-state index in [4.69, 9.17) is 4.74 Å². The molecule has 1 aromatic carbocycles. The maximum absolute atomic E-state index is 12.7. The number of carbonyl (C=O) groups is 2. The first-order valence-corrected chi connectivity index (χ1v) is 7.61. The highest BCUT2D eigenvalue weighted by atomic mass is 16.6. The molecule has 0 spiro atoms. The van der Waals surface area contributed by atoms with Crippen LogP contribution in [0.2, 0.25) is 0 Å². The number of hydrogen-bond donors (Lipinski definition) is 1. The summed E-state index contributed by atoms with van der Waals surface area (Å²) in [4.78, 5) is 26.4. The Morgan fingerprint density at radius 2 is 1.68 bits per heavy atom. The number of hydrogen-bond acceptors (Lipinski definition) is 3. The van der Waals surface area contributed by atoms with Crippen molar-refractivity contribution >= 4 is 12.0 Å². The van der Waals surface area contributed by atoms with Crippen molar-refractivity contribution in [1.29, 1.82) is 0 Å².